The van der Waals surface area contributed by atoms with Gasteiger partial charge in [-0.2, -0.15) is 0 Å². The Morgan fingerprint density at radius 3 is 2.58 bits per heavy atom. The van der Waals surface area contributed by atoms with Crippen LogP contribution in [0.5, 0.6) is 5.75 Å². The first-order valence-electron chi connectivity index (χ1n) is 11.6. The summed E-state index contributed by atoms with van der Waals surface area (Å²) in [6.07, 6.45) is -3.19. The van der Waals surface area contributed by atoms with Crippen LogP contribution in [0.25, 0.3) is 0 Å². The van der Waals surface area contributed by atoms with Crippen LogP contribution < -0.4 is 30.9 Å². The fraction of sp³-hybridized carbons (Fsp3) is 0.231. The van der Waals surface area contributed by atoms with Gasteiger partial charge < -0.3 is 30.9 Å². The number of carbonyl (C=O) groups excluding carboxylic acids is 2. The van der Waals surface area contributed by atoms with Gasteiger partial charge in [0.25, 0.3) is 12.3 Å². The van der Waals surface area contributed by atoms with Gasteiger partial charge in [0.2, 0.25) is 5.91 Å². The summed E-state index contributed by atoms with van der Waals surface area (Å²) in [5, 5.41) is 12.6. The quantitative estimate of drug-likeness (QED) is 0.242. The normalized spacial score (nSPS) is 14.1. The molecule has 38 heavy (non-hydrogen) atoms. The van der Waals surface area contributed by atoms with Crippen LogP contribution in [0, 0.1) is 0 Å². The fourth-order valence-corrected chi connectivity index (χ4v) is 4.28. The first-order valence-corrected chi connectivity index (χ1v) is 12.7. The number of hydrogen-bond acceptors (Lipinski definition) is 6. The van der Waals surface area contributed by atoms with E-state index in [1.807, 2.05) is 17.0 Å². The maximum Gasteiger partial charge on any atom is 0.272 e. The van der Waals surface area contributed by atoms with Crippen molar-refractivity contribution in [1.29, 1.82) is 0 Å². The molecule has 2 amide bonds. The summed E-state index contributed by atoms with van der Waals surface area (Å²) in [6.45, 7) is 0.931. The van der Waals surface area contributed by atoms with Crippen molar-refractivity contribution < 1.29 is 23.1 Å². The maximum atomic E-state index is 13.1. The number of fused-ring (bicyclic) bond motifs is 1. The summed E-state index contributed by atoms with van der Waals surface area (Å²) in [4.78, 5) is 26.2. The first-order chi connectivity index (χ1) is 18.1. The van der Waals surface area contributed by atoms with Crippen molar-refractivity contribution in [2.24, 2.45) is 0 Å². The molecule has 1 heterocycles. The lowest BCUT2D eigenvalue weighted by Gasteiger charge is -2.25. The highest BCUT2D eigenvalue weighted by molar-refractivity contribution is 9.10. The van der Waals surface area contributed by atoms with Crippen LogP contribution in [0.15, 0.2) is 59.1 Å². The van der Waals surface area contributed by atoms with E-state index < -0.39 is 25.2 Å². The first kappa shape index (κ1) is 27.5. The standard InChI is InChI=1S/C26H25BrClF2N5O3/c1-14(36)31-12-15-3-8-19(28)20(9-15)33-26-34-21-10-18(25(37)32-17-6-4-16(27)5-7-17)23(38-13-24(29)30)11-22(21)35(26)2/h3-11,24,26,33-34H,12-13H2,1-2H3,(H,31,36)(H,32,37). The summed E-state index contributed by atoms with van der Waals surface area (Å²) in [7, 11) is 1.80. The number of halogens is 4. The van der Waals surface area contributed by atoms with E-state index >= 15 is 0 Å². The molecule has 1 aliphatic heterocycles. The SMILES string of the molecule is CC(=O)NCc1ccc(Cl)c(NC2Nc3cc(C(=O)Nc4ccc(Br)cc4)c(OCC(F)F)cc3N2C)c1. The Balaban J connectivity index is 1.58. The number of rotatable bonds is 9. The molecule has 1 unspecified atom stereocenters. The third kappa shape index (κ3) is 6.65. The van der Waals surface area contributed by atoms with Gasteiger partial charge in [-0.05, 0) is 48.0 Å². The Labute approximate surface area is 231 Å². The molecule has 4 rings (SSSR count). The van der Waals surface area contributed by atoms with Crippen LogP contribution in [0.1, 0.15) is 22.8 Å². The van der Waals surface area contributed by atoms with Crippen LogP contribution in [0.3, 0.4) is 0 Å². The topological polar surface area (TPSA) is 94.7 Å². The van der Waals surface area contributed by atoms with Crippen molar-refractivity contribution in [2.75, 3.05) is 34.5 Å². The third-order valence-corrected chi connectivity index (χ3v) is 6.59. The van der Waals surface area contributed by atoms with E-state index in [0.29, 0.717) is 34.3 Å². The number of ether oxygens (including phenoxy) is 1. The lowest BCUT2D eigenvalue weighted by atomic mass is 10.1. The molecule has 0 saturated heterocycles. The van der Waals surface area contributed by atoms with Crippen molar-refractivity contribution in [1.82, 2.24) is 5.32 Å². The van der Waals surface area contributed by atoms with Crippen molar-refractivity contribution in [3.05, 3.63) is 75.2 Å². The molecule has 0 aliphatic carbocycles. The maximum absolute atomic E-state index is 13.1. The Kier molecular flexibility index (Phi) is 8.58. The van der Waals surface area contributed by atoms with E-state index in [2.05, 4.69) is 37.2 Å². The average molecular weight is 609 g/mol. The van der Waals surface area contributed by atoms with Gasteiger partial charge in [0.05, 0.1) is 27.6 Å². The molecule has 4 N–H and O–H groups in total. The molecule has 1 atom stereocenters. The third-order valence-electron chi connectivity index (χ3n) is 5.73. The minimum absolute atomic E-state index is 0.0308. The highest BCUT2D eigenvalue weighted by Gasteiger charge is 2.30. The van der Waals surface area contributed by atoms with Gasteiger partial charge in [0, 0.05) is 36.7 Å². The summed E-state index contributed by atoms with van der Waals surface area (Å²) >= 11 is 9.75. The zero-order valence-electron chi connectivity index (χ0n) is 20.4. The molecule has 0 bridgehead atoms. The van der Waals surface area contributed by atoms with Gasteiger partial charge in [-0.25, -0.2) is 8.78 Å². The molecule has 3 aromatic carbocycles. The molecule has 0 spiro atoms. The molecule has 200 valence electrons. The Hall–Kier alpha value is -3.57. The second-order valence-corrected chi connectivity index (χ2v) is 9.88. The number of carbonyl (C=O) groups is 2. The zero-order chi connectivity index (χ0) is 27.4. The molecule has 3 aromatic rings. The van der Waals surface area contributed by atoms with E-state index in [1.165, 1.54) is 6.92 Å². The minimum Gasteiger partial charge on any atom is -0.487 e. The van der Waals surface area contributed by atoms with E-state index in [-0.39, 0.29) is 17.2 Å². The van der Waals surface area contributed by atoms with Crippen LogP contribution in [0.2, 0.25) is 5.02 Å². The second-order valence-electron chi connectivity index (χ2n) is 8.55. The van der Waals surface area contributed by atoms with Gasteiger partial charge >= 0.3 is 0 Å². The Morgan fingerprint density at radius 1 is 1.16 bits per heavy atom. The molecule has 1 aliphatic rings. The van der Waals surface area contributed by atoms with Crippen LogP contribution >= 0.6 is 27.5 Å². The number of benzene rings is 3. The Bertz CT molecular complexity index is 1340. The molecule has 0 radical (unpaired) electrons. The predicted octanol–water partition coefficient (Wildman–Crippen LogP) is 5.89. The summed E-state index contributed by atoms with van der Waals surface area (Å²) in [6, 6.07) is 15.5. The molecular weight excluding hydrogens is 584 g/mol. The van der Waals surface area contributed by atoms with E-state index in [1.54, 1.807) is 49.5 Å². The summed E-state index contributed by atoms with van der Waals surface area (Å²) < 4.78 is 32.1. The molecule has 0 aromatic heterocycles. The van der Waals surface area contributed by atoms with Crippen LogP contribution in [0.4, 0.5) is 31.5 Å². The predicted molar refractivity (Wildman–Crippen MR) is 148 cm³/mol. The van der Waals surface area contributed by atoms with Crippen molar-refractivity contribution in [3.8, 4) is 5.75 Å². The van der Waals surface area contributed by atoms with Crippen LogP contribution in [-0.4, -0.2) is 38.2 Å². The van der Waals surface area contributed by atoms with Gasteiger partial charge in [0.1, 0.15) is 12.4 Å². The van der Waals surface area contributed by atoms with Gasteiger partial charge in [0.15, 0.2) is 6.29 Å². The van der Waals surface area contributed by atoms with Gasteiger partial charge in [-0.3, -0.25) is 9.59 Å². The van der Waals surface area contributed by atoms with Crippen molar-refractivity contribution in [3.63, 3.8) is 0 Å². The molecular formula is C26H25BrClF2N5O3. The zero-order valence-corrected chi connectivity index (χ0v) is 22.8. The fourth-order valence-electron chi connectivity index (χ4n) is 3.84. The monoisotopic (exact) mass is 607 g/mol. The number of nitrogens with zero attached hydrogens (tertiary/aromatic N) is 1. The van der Waals surface area contributed by atoms with E-state index in [9.17, 15) is 18.4 Å². The number of anilines is 4. The average Bonchev–Trinajstić information content (AvgIpc) is 3.18. The highest BCUT2D eigenvalue weighted by Crippen LogP contribution is 2.40. The van der Waals surface area contributed by atoms with E-state index in [4.69, 9.17) is 16.3 Å². The second kappa shape index (κ2) is 11.9. The minimum atomic E-state index is -2.71. The van der Waals surface area contributed by atoms with Crippen molar-refractivity contribution >= 4 is 62.1 Å². The number of amides is 2. The van der Waals surface area contributed by atoms with Crippen molar-refractivity contribution in [2.45, 2.75) is 26.2 Å². The lowest BCUT2D eigenvalue weighted by Crippen LogP contribution is -2.39. The highest BCUT2D eigenvalue weighted by atomic mass is 79.9. The molecule has 12 heteroatoms. The number of nitrogens with one attached hydrogen (secondary N) is 4. The summed E-state index contributed by atoms with van der Waals surface area (Å²) in [5.41, 5.74) is 3.34. The number of alkyl halides is 2. The molecule has 0 saturated carbocycles. The Morgan fingerprint density at radius 2 is 1.89 bits per heavy atom. The van der Waals surface area contributed by atoms with Crippen LogP contribution in [-0.2, 0) is 11.3 Å². The molecule has 8 nitrogen and oxygen atoms in total. The lowest BCUT2D eigenvalue weighted by molar-refractivity contribution is -0.119. The smallest absolute Gasteiger partial charge is 0.272 e. The largest absolute Gasteiger partial charge is 0.487 e. The van der Waals surface area contributed by atoms with Gasteiger partial charge in [-0.15, -0.1) is 0 Å². The van der Waals surface area contributed by atoms with Gasteiger partial charge in [-0.1, -0.05) is 33.6 Å². The number of hydrogen-bond donors (Lipinski definition) is 4. The molecule has 0 fully saturated rings. The summed E-state index contributed by atoms with van der Waals surface area (Å²) in [5.74, 6) is -0.621. The van der Waals surface area contributed by atoms with E-state index in [0.717, 1.165) is 10.0 Å².